The molecule has 3 aliphatic rings. The maximum Gasteiger partial charge on any atom is 0.366 e. The first kappa shape index (κ1) is 26.4. The number of ether oxygens (including phenoxy) is 4. The molecule has 0 radical (unpaired) electrons. The summed E-state index contributed by atoms with van der Waals surface area (Å²) in [7, 11) is 0. The van der Waals surface area contributed by atoms with Crippen LogP contribution in [0.2, 0.25) is 0 Å². The zero-order valence-electron chi connectivity index (χ0n) is 17.2. The molecule has 0 aliphatic carbocycles. The SMILES string of the molecule is FC1(F)SCCN2CCOCCOCCN(CCOCCOCC2)CCSC1(F)F. The largest absolute Gasteiger partial charge is 0.378 e. The second-order valence-corrected chi connectivity index (χ2v) is 9.28. The van der Waals surface area contributed by atoms with Crippen LogP contribution in [-0.2, 0) is 18.9 Å². The van der Waals surface area contributed by atoms with Crippen LogP contribution in [0.4, 0.5) is 17.6 Å². The minimum absolute atomic E-state index is 0.0130. The maximum atomic E-state index is 14.2. The predicted molar refractivity (Wildman–Crippen MR) is 111 cm³/mol. The number of thioether (sulfide) groups is 2. The van der Waals surface area contributed by atoms with E-state index in [9.17, 15) is 17.6 Å². The number of hydrogen-bond acceptors (Lipinski definition) is 8. The Morgan fingerprint density at radius 3 is 1.07 bits per heavy atom. The lowest BCUT2D eigenvalue weighted by atomic mass is 10.4. The molecule has 0 aromatic heterocycles. The molecule has 3 aliphatic heterocycles. The van der Waals surface area contributed by atoms with E-state index in [4.69, 9.17) is 18.9 Å². The van der Waals surface area contributed by atoms with Crippen molar-refractivity contribution in [2.75, 3.05) is 104 Å². The van der Waals surface area contributed by atoms with E-state index in [2.05, 4.69) is 0 Å². The van der Waals surface area contributed by atoms with Gasteiger partial charge in [0.15, 0.2) is 0 Å². The molecule has 2 bridgehead atoms. The summed E-state index contributed by atoms with van der Waals surface area (Å²) in [4.78, 5) is 3.78. The second kappa shape index (κ2) is 14.4. The van der Waals surface area contributed by atoms with Crippen LogP contribution in [0.5, 0.6) is 0 Å². The summed E-state index contributed by atoms with van der Waals surface area (Å²) in [5, 5.41) is -8.27. The highest BCUT2D eigenvalue weighted by molar-refractivity contribution is 8.04. The van der Waals surface area contributed by atoms with Crippen LogP contribution in [0, 0.1) is 0 Å². The molecule has 0 aromatic carbocycles. The van der Waals surface area contributed by atoms with Crippen LogP contribution in [0.25, 0.3) is 0 Å². The van der Waals surface area contributed by atoms with Gasteiger partial charge in [-0.2, -0.15) is 17.6 Å². The third-order valence-corrected chi connectivity index (χ3v) is 6.81. The number of rotatable bonds is 0. The van der Waals surface area contributed by atoms with Gasteiger partial charge in [-0.15, -0.1) is 0 Å². The molecular weight excluding hydrogens is 448 g/mol. The monoisotopic (exact) mass is 480 g/mol. The average Bonchev–Trinajstić information content (AvgIpc) is 2.69. The van der Waals surface area contributed by atoms with Gasteiger partial charge in [0.25, 0.3) is 0 Å². The number of fused-ring (bicyclic) bond motifs is 21. The third-order valence-electron chi connectivity index (χ3n) is 4.67. The van der Waals surface area contributed by atoms with Gasteiger partial charge < -0.3 is 18.9 Å². The first-order chi connectivity index (χ1) is 14.4. The highest BCUT2D eigenvalue weighted by atomic mass is 32.2. The van der Waals surface area contributed by atoms with Gasteiger partial charge in [0.2, 0.25) is 0 Å². The minimum Gasteiger partial charge on any atom is -0.378 e. The van der Waals surface area contributed by atoms with Gasteiger partial charge >= 0.3 is 10.5 Å². The fourth-order valence-electron chi connectivity index (χ4n) is 2.86. The standard InChI is InChI=1S/C18H32F4N2O4S2/c19-17(20)18(21,22)30-16-6-24-3-9-27-12-11-25-7-1-23(5-15-29-17)2-8-26-13-14-28-10-4-24/h1-16H2. The van der Waals surface area contributed by atoms with E-state index in [-0.39, 0.29) is 48.1 Å². The van der Waals surface area contributed by atoms with E-state index < -0.39 is 10.5 Å². The molecule has 0 N–H and O–H groups in total. The van der Waals surface area contributed by atoms with Crippen molar-refractivity contribution in [3.8, 4) is 0 Å². The Labute approximate surface area is 184 Å². The Bertz CT molecular complexity index is 410. The summed E-state index contributed by atoms with van der Waals surface area (Å²) in [6.45, 7) is 5.93. The topological polar surface area (TPSA) is 43.4 Å². The highest BCUT2D eigenvalue weighted by Crippen LogP contribution is 2.49. The van der Waals surface area contributed by atoms with Gasteiger partial charge in [-0.1, -0.05) is 23.5 Å². The van der Waals surface area contributed by atoms with Gasteiger partial charge in [0.1, 0.15) is 0 Å². The van der Waals surface area contributed by atoms with E-state index >= 15 is 0 Å². The second-order valence-electron chi connectivity index (χ2n) is 6.86. The van der Waals surface area contributed by atoms with Crippen molar-refractivity contribution in [2.45, 2.75) is 10.5 Å². The first-order valence-electron chi connectivity index (χ1n) is 10.2. The summed E-state index contributed by atoms with van der Waals surface area (Å²) in [5.74, 6) is -0.219. The Hall–Kier alpha value is 0.180. The summed E-state index contributed by atoms with van der Waals surface area (Å²) in [6.07, 6.45) is 0. The quantitative estimate of drug-likeness (QED) is 0.490. The average molecular weight is 481 g/mol. The molecule has 3 heterocycles. The Balaban J connectivity index is 2.07. The van der Waals surface area contributed by atoms with Gasteiger partial charge in [-0.25, -0.2) is 0 Å². The smallest absolute Gasteiger partial charge is 0.366 e. The van der Waals surface area contributed by atoms with Crippen LogP contribution in [0.15, 0.2) is 0 Å². The van der Waals surface area contributed by atoms with Crippen molar-refractivity contribution >= 4 is 23.5 Å². The molecule has 3 rings (SSSR count). The molecule has 0 saturated carbocycles. The number of nitrogens with zero attached hydrogens (tertiary/aromatic N) is 2. The van der Waals surface area contributed by atoms with Gasteiger partial charge in [0, 0.05) is 50.8 Å². The zero-order valence-corrected chi connectivity index (χ0v) is 18.8. The molecule has 0 amide bonds. The van der Waals surface area contributed by atoms with Gasteiger partial charge in [-0.05, 0) is 0 Å². The molecule has 6 nitrogen and oxygen atoms in total. The summed E-state index contributed by atoms with van der Waals surface area (Å²) >= 11 is 0.0261. The van der Waals surface area contributed by atoms with Crippen molar-refractivity contribution in [1.29, 1.82) is 0 Å². The molecule has 30 heavy (non-hydrogen) atoms. The number of alkyl halides is 4. The summed E-state index contributed by atoms with van der Waals surface area (Å²) < 4.78 is 78.9. The molecule has 12 heteroatoms. The lowest BCUT2D eigenvalue weighted by Gasteiger charge is -2.28. The molecular formula is C18H32F4N2O4S2. The van der Waals surface area contributed by atoms with Crippen molar-refractivity contribution < 1.29 is 36.5 Å². The van der Waals surface area contributed by atoms with E-state index in [1.54, 1.807) is 0 Å². The molecule has 0 atom stereocenters. The summed E-state index contributed by atoms with van der Waals surface area (Å²) in [5.41, 5.74) is 0. The molecule has 0 aromatic rings. The number of halogens is 4. The lowest BCUT2D eigenvalue weighted by molar-refractivity contribution is -0.0835. The molecule has 0 spiro atoms. The number of hydrogen-bond donors (Lipinski definition) is 0. The van der Waals surface area contributed by atoms with E-state index in [1.807, 2.05) is 9.80 Å². The Morgan fingerprint density at radius 1 is 0.467 bits per heavy atom. The fraction of sp³-hybridized carbons (Fsp3) is 1.00. The van der Waals surface area contributed by atoms with Gasteiger partial charge in [0.05, 0.1) is 52.9 Å². The van der Waals surface area contributed by atoms with Crippen LogP contribution < -0.4 is 0 Å². The van der Waals surface area contributed by atoms with Crippen molar-refractivity contribution in [3.05, 3.63) is 0 Å². The van der Waals surface area contributed by atoms with Crippen LogP contribution in [0.3, 0.4) is 0 Å². The molecule has 0 unspecified atom stereocenters. The van der Waals surface area contributed by atoms with Crippen LogP contribution >= 0.6 is 23.5 Å². The van der Waals surface area contributed by atoms with Crippen molar-refractivity contribution in [3.63, 3.8) is 0 Å². The Kier molecular flexibility index (Phi) is 12.6. The lowest BCUT2D eigenvalue weighted by Crippen LogP contribution is -2.39. The van der Waals surface area contributed by atoms with E-state index in [1.165, 1.54) is 0 Å². The molecule has 3 fully saturated rings. The zero-order chi connectivity index (χ0) is 21.7. The highest BCUT2D eigenvalue weighted by Gasteiger charge is 2.57. The normalized spacial score (nSPS) is 31.6. The van der Waals surface area contributed by atoms with Crippen LogP contribution in [-0.4, -0.2) is 124 Å². The minimum atomic E-state index is -4.13. The van der Waals surface area contributed by atoms with E-state index in [0.29, 0.717) is 79.0 Å². The fourth-order valence-corrected chi connectivity index (χ4v) is 4.76. The van der Waals surface area contributed by atoms with Gasteiger partial charge in [-0.3, -0.25) is 9.80 Å². The molecule has 178 valence electrons. The van der Waals surface area contributed by atoms with Crippen LogP contribution in [0.1, 0.15) is 0 Å². The molecule has 3 saturated heterocycles. The van der Waals surface area contributed by atoms with Crippen molar-refractivity contribution in [2.24, 2.45) is 0 Å². The first-order valence-corrected chi connectivity index (χ1v) is 12.2. The summed E-state index contributed by atoms with van der Waals surface area (Å²) in [6, 6.07) is 0. The van der Waals surface area contributed by atoms with Crippen molar-refractivity contribution in [1.82, 2.24) is 9.80 Å². The third kappa shape index (κ3) is 10.2. The maximum absolute atomic E-state index is 14.2. The predicted octanol–water partition coefficient (Wildman–Crippen LogP) is 2.34. The van der Waals surface area contributed by atoms with E-state index in [0.717, 1.165) is 0 Å². The Morgan fingerprint density at radius 2 is 0.767 bits per heavy atom.